The smallest absolute Gasteiger partial charge is 0.0335 e. The number of nitrogens with zero attached hydrogens (tertiary/aromatic N) is 1. The molecule has 0 aromatic rings. The molecule has 0 spiro atoms. The molecule has 8 unspecified atom stereocenters. The van der Waals surface area contributed by atoms with E-state index in [4.69, 9.17) is 5.84 Å². The van der Waals surface area contributed by atoms with Crippen LogP contribution < -0.4 is 17.1 Å². The van der Waals surface area contributed by atoms with Gasteiger partial charge in [-0.15, -0.1) is 26.3 Å². The van der Waals surface area contributed by atoms with Gasteiger partial charge in [0.15, 0.2) is 0 Å². The predicted molar refractivity (Wildman–Crippen MR) is 172 cm³/mol. The van der Waals surface area contributed by atoms with Crippen molar-refractivity contribution < 1.29 is 0 Å². The van der Waals surface area contributed by atoms with Gasteiger partial charge in [0.25, 0.3) is 0 Å². The summed E-state index contributed by atoms with van der Waals surface area (Å²) in [6, 6.07) is 0. The first-order chi connectivity index (χ1) is 17.7. The molecule has 0 aliphatic heterocycles. The molecule has 37 heavy (non-hydrogen) atoms. The zero-order chi connectivity index (χ0) is 29.2. The lowest BCUT2D eigenvalue weighted by Gasteiger charge is -2.56. The summed E-state index contributed by atoms with van der Waals surface area (Å²) < 4.78 is 0. The molecule has 4 rings (SSSR count). The van der Waals surface area contributed by atoms with Gasteiger partial charge in [-0.05, 0) is 112 Å². The number of hydrogen-bond donors (Lipinski definition) is 4. The maximum Gasteiger partial charge on any atom is 0.0335 e. The zero-order valence-electron chi connectivity index (χ0n) is 25.9. The monoisotopic (exact) mass is 539 g/mol. The first kappa shape index (κ1) is 38.6. The summed E-state index contributed by atoms with van der Waals surface area (Å²) in [5, 5.41) is 1.82. The van der Waals surface area contributed by atoms with E-state index in [1.807, 2.05) is 12.1 Å². The molecule has 4 aliphatic rings. The molecule has 0 radical (unpaired) electrons. The van der Waals surface area contributed by atoms with E-state index < -0.39 is 0 Å². The Labute approximate surface area is 238 Å². The van der Waals surface area contributed by atoms with Crippen molar-refractivity contribution in [1.29, 1.82) is 0 Å². The molecule has 8 atom stereocenters. The number of nitrogens with one attached hydrogen (secondary N) is 1. The Bertz CT molecular complexity index is 579. The van der Waals surface area contributed by atoms with Crippen molar-refractivity contribution in [3.63, 3.8) is 0 Å². The van der Waals surface area contributed by atoms with Crippen LogP contribution in [0, 0.1) is 46.8 Å². The molecule has 5 heteroatoms. The molecule has 0 saturated heterocycles. The van der Waals surface area contributed by atoms with Crippen LogP contribution >= 0.6 is 12.6 Å². The van der Waals surface area contributed by atoms with Gasteiger partial charge in [-0.2, -0.15) is 12.6 Å². The van der Waals surface area contributed by atoms with E-state index in [1.54, 1.807) is 13.3 Å². The summed E-state index contributed by atoms with van der Waals surface area (Å²) in [6.07, 6.45) is 16.3. The van der Waals surface area contributed by atoms with Crippen molar-refractivity contribution in [2.45, 2.75) is 91.9 Å². The predicted octanol–water partition coefficient (Wildman–Crippen LogP) is 7.90. The van der Waals surface area contributed by atoms with Crippen molar-refractivity contribution in [1.82, 2.24) is 10.4 Å². The number of nitrogens with two attached hydrogens (primary N) is 2. The molecule has 0 heterocycles. The van der Waals surface area contributed by atoms with Gasteiger partial charge in [-0.1, -0.05) is 52.7 Å². The second-order valence-electron chi connectivity index (χ2n) is 11.6. The molecule has 4 fully saturated rings. The minimum atomic E-state index is 0.503. The minimum Gasteiger partial charge on any atom is -0.272 e. The normalized spacial score (nSPS) is 34.7. The van der Waals surface area contributed by atoms with E-state index in [0.29, 0.717) is 11.3 Å². The third-order valence-corrected chi connectivity index (χ3v) is 9.16. The second-order valence-corrected chi connectivity index (χ2v) is 11.6. The molecule has 4 saturated carbocycles. The maximum absolute atomic E-state index is 5.94. The van der Waals surface area contributed by atoms with Crippen molar-refractivity contribution in [2.75, 3.05) is 26.9 Å². The molecule has 220 valence electrons. The van der Waals surface area contributed by atoms with Gasteiger partial charge in [0.2, 0.25) is 0 Å². The largest absolute Gasteiger partial charge is 0.272 e. The van der Waals surface area contributed by atoms with Crippen LogP contribution in [0.1, 0.15) is 91.9 Å². The number of hydrazine groups is 2. The summed E-state index contributed by atoms with van der Waals surface area (Å²) in [4.78, 5) is 0. The van der Waals surface area contributed by atoms with Crippen LogP contribution in [0.2, 0.25) is 0 Å². The summed E-state index contributed by atoms with van der Waals surface area (Å²) in [5.74, 6) is 17.4. The van der Waals surface area contributed by atoms with E-state index in [9.17, 15) is 0 Å². The average Bonchev–Trinajstić information content (AvgIpc) is 3.25. The van der Waals surface area contributed by atoms with Gasteiger partial charge < -0.3 is 0 Å². The average molecular weight is 539 g/mol. The van der Waals surface area contributed by atoms with Crippen molar-refractivity contribution >= 4 is 12.6 Å². The van der Waals surface area contributed by atoms with E-state index in [1.165, 1.54) is 69.8 Å². The summed E-state index contributed by atoms with van der Waals surface area (Å²) >= 11 is 3.53. The van der Waals surface area contributed by atoms with E-state index >= 15 is 0 Å². The standard InChI is InChI=1S/C23H40N2.C3H8.2C2H4.CH6N2.CH4S/c1-15-5-7-18-17(13-15)6-8-20-19(18)11-12-23(3)21(9-10-22(20)23)16(2)14-25(4)24;1-3-2;2*1-2;1-3-2;1-2/h15,17-22H,2,5-14,24H2,1,3-4H3;3H2,1-2H3;2*1-2H2;3H,2H2,1H3;2H,1H3. The lowest BCUT2D eigenvalue weighted by molar-refractivity contribution is -0.0637. The zero-order valence-corrected chi connectivity index (χ0v) is 26.8. The molecule has 4 nitrogen and oxygen atoms in total. The topological polar surface area (TPSA) is 67.3 Å². The molecule has 0 bridgehead atoms. The van der Waals surface area contributed by atoms with Crippen LogP contribution in [-0.4, -0.2) is 31.9 Å². The molecular weight excluding hydrogens is 472 g/mol. The van der Waals surface area contributed by atoms with E-state index in [2.05, 4.69) is 84.5 Å². The maximum atomic E-state index is 5.94. The second kappa shape index (κ2) is 21.3. The number of thiol groups is 1. The van der Waals surface area contributed by atoms with Crippen molar-refractivity contribution in [3.05, 3.63) is 38.5 Å². The fourth-order valence-corrected chi connectivity index (χ4v) is 8.19. The molecule has 0 amide bonds. The van der Waals surface area contributed by atoms with Gasteiger partial charge in [0.05, 0.1) is 0 Å². The van der Waals surface area contributed by atoms with Gasteiger partial charge >= 0.3 is 0 Å². The van der Waals surface area contributed by atoms with E-state index in [-0.39, 0.29) is 0 Å². The van der Waals surface area contributed by atoms with Crippen LogP contribution in [0.5, 0.6) is 0 Å². The van der Waals surface area contributed by atoms with Crippen LogP contribution in [0.4, 0.5) is 0 Å². The van der Waals surface area contributed by atoms with Crippen molar-refractivity contribution in [2.24, 2.45) is 58.5 Å². The van der Waals surface area contributed by atoms with Crippen LogP contribution in [0.15, 0.2) is 38.5 Å². The molecule has 0 aromatic carbocycles. The Kier molecular flexibility index (Phi) is 22.2. The molecule has 5 N–H and O–H groups in total. The molecule has 4 aliphatic carbocycles. The third-order valence-electron chi connectivity index (χ3n) is 9.16. The highest BCUT2D eigenvalue weighted by molar-refractivity contribution is 7.79. The van der Waals surface area contributed by atoms with Crippen LogP contribution in [-0.2, 0) is 0 Å². The Morgan fingerprint density at radius 1 is 0.946 bits per heavy atom. The Morgan fingerprint density at radius 3 is 1.97 bits per heavy atom. The highest BCUT2D eigenvalue weighted by Gasteiger charge is 2.57. The quantitative estimate of drug-likeness (QED) is 0.128. The fourth-order valence-electron chi connectivity index (χ4n) is 8.19. The summed E-state index contributed by atoms with van der Waals surface area (Å²) in [5.41, 5.74) is 4.15. The first-order valence-corrected chi connectivity index (χ1v) is 15.6. The van der Waals surface area contributed by atoms with Gasteiger partial charge in [-0.25, -0.2) is 5.01 Å². The lowest BCUT2D eigenvalue weighted by atomic mass is 9.49. The molecular formula is C32H66N4S. The van der Waals surface area contributed by atoms with Crippen LogP contribution in [0.3, 0.4) is 0 Å². The third kappa shape index (κ3) is 10.8. The molecule has 0 aromatic heterocycles. The SMILES string of the molecule is C=C.C=C.C=C(CN(C)N)C1CCC2C3CCC4CC(C)CCC4C3CCC12C.CCC.CNN.CS. The summed E-state index contributed by atoms with van der Waals surface area (Å²) in [7, 11) is 3.63. The van der Waals surface area contributed by atoms with Gasteiger partial charge in [0, 0.05) is 13.6 Å². The highest BCUT2D eigenvalue weighted by Crippen LogP contribution is 2.65. The number of likely N-dealkylation sites (N-methyl/N-ethyl adjacent to an activating group) is 1. The van der Waals surface area contributed by atoms with Gasteiger partial charge in [-0.3, -0.25) is 17.1 Å². The lowest BCUT2D eigenvalue weighted by Crippen LogP contribution is -2.49. The summed E-state index contributed by atoms with van der Waals surface area (Å²) in [6.45, 7) is 26.7. The highest BCUT2D eigenvalue weighted by atomic mass is 32.1. The Morgan fingerprint density at radius 2 is 1.46 bits per heavy atom. The van der Waals surface area contributed by atoms with Crippen LogP contribution in [0.25, 0.3) is 0 Å². The number of hydrogen-bond acceptors (Lipinski definition) is 5. The Balaban J connectivity index is 0. The first-order valence-electron chi connectivity index (χ1n) is 14.7. The van der Waals surface area contributed by atoms with Gasteiger partial charge in [0.1, 0.15) is 0 Å². The van der Waals surface area contributed by atoms with Crippen molar-refractivity contribution in [3.8, 4) is 0 Å². The fraction of sp³-hybridized carbons (Fsp3) is 0.812. The Hall–Kier alpha value is -0.590. The minimum absolute atomic E-state index is 0.503. The number of rotatable bonds is 3. The van der Waals surface area contributed by atoms with E-state index in [0.717, 1.165) is 42.1 Å². The number of fused-ring (bicyclic) bond motifs is 5.